The highest BCUT2D eigenvalue weighted by atomic mass is 35.5. The summed E-state index contributed by atoms with van der Waals surface area (Å²) in [6.45, 7) is 6.83. The minimum Gasteiger partial charge on any atom is -0.352 e. The molecule has 0 aliphatic carbocycles. The van der Waals surface area contributed by atoms with E-state index in [-0.39, 0.29) is 23.4 Å². The number of hydrogen-bond acceptors (Lipinski definition) is 4. The van der Waals surface area contributed by atoms with Gasteiger partial charge in [0.15, 0.2) is 0 Å². The first-order chi connectivity index (χ1) is 19.4. The first kappa shape index (κ1) is 32.7. The quantitative estimate of drug-likeness (QED) is 0.235. The van der Waals surface area contributed by atoms with Crippen LogP contribution in [0.4, 0.5) is 5.69 Å². The van der Waals surface area contributed by atoms with Crippen LogP contribution >= 0.6 is 34.8 Å². The van der Waals surface area contributed by atoms with E-state index < -0.39 is 28.5 Å². The fraction of sp³-hybridized carbons (Fsp3) is 0.333. The minimum absolute atomic E-state index is 0.0149. The monoisotopic (exact) mass is 637 g/mol. The Labute approximate surface area is 257 Å². The van der Waals surface area contributed by atoms with Gasteiger partial charge in [-0.3, -0.25) is 13.9 Å². The van der Waals surface area contributed by atoms with Crippen LogP contribution in [0.25, 0.3) is 0 Å². The number of aryl methyl sites for hydroxylation is 1. The van der Waals surface area contributed by atoms with Gasteiger partial charge in [0.25, 0.3) is 10.0 Å². The molecular formula is C30H34Cl3N3O4S. The number of sulfonamides is 1. The average molecular weight is 639 g/mol. The molecule has 3 aromatic carbocycles. The number of carbonyl (C=O) groups is 2. The molecule has 3 rings (SSSR count). The molecule has 0 bridgehead atoms. The van der Waals surface area contributed by atoms with Gasteiger partial charge in [-0.25, -0.2) is 8.42 Å². The van der Waals surface area contributed by atoms with Crippen molar-refractivity contribution >= 4 is 62.3 Å². The fourth-order valence-electron chi connectivity index (χ4n) is 4.33. The Hall–Kier alpha value is -2.78. The second-order valence-corrected chi connectivity index (χ2v) is 12.9. The summed E-state index contributed by atoms with van der Waals surface area (Å²) in [6.07, 6.45) is 1.02. The van der Waals surface area contributed by atoms with Crippen LogP contribution in [0.3, 0.4) is 0 Å². The normalized spacial score (nSPS) is 12.9. The fourth-order valence-corrected chi connectivity index (χ4v) is 6.37. The summed E-state index contributed by atoms with van der Waals surface area (Å²) >= 11 is 18.5. The Balaban J connectivity index is 2.10. The lowest BCUT2D eigenvalue weighted by molar-refractivity contribution is -0.140. The van der Waals surface area contributed by atoms with Crippen molar-refractivity contribution in [1.82, 2.24) is 10.2 Å². The van der Waals surface area contributed by atoms with Crippen molar-refractivity contribution in [2.75, 3.05) is 10.8 Å². The van der Waals surface area contributed by atoms with E-state index >= 15 is 0 Å². The lowest BCUT2D eigenvalue weighted by atomic mass is 10.1. The Morgan fingerprint density at radius 1 is 0.902 bits per heavy atom. The maximum absolute atomic E-state index is 14.2. The van der Waals surface area contributed by atoms with E-state index in [2.05, 4.69) is 5.32 Å². The van der Waals surface area contributed by atoms with Gasteiger partial charge >= 0.3 is 0 Å². The molecule has 0 fully saturated rings. The zero-order chi connectivity index (χ0) is 30.3. The maximum Gasteiger partial charge on any atom is 0.264 e. The van der Waals surface area contributed by atoms with Crippen LogP contribution < -0.4 is 9.62 Å². The van der Waals surface area contributed by atoms with Crippen molar-refractivity contribution in [2.45, 2.75) is 64.1 Å². The lowest BCUT2D eigenvalue weighted by Gasteiger charge is -2.34. The van der Waals surface area contributed by atoms with Crippen LogP contribution in [0, 0.1) is 6.92 Å². The number of amides is 2. The highest BCUT2D eigenvalue weighted by Crippen LogP contribution is 2.30. The molecule has 7 nitrogen and oxygen atoms in total. The molecule has 0 aliphatic rings. The van der Waals surface area contributed by atoms with Gasteiger partial charge in [-0.05, 0) is 80.3 Å². The van der Waals surface area contributed by atoms with Gasteiger partial charge in [-0.2, -0.15) is 0 Å². The summed E-state index contributed by atoms with van der Waals surface area (Å²) in [7, 11) is -4.18. The van der Waals surface area contributed by atoms with Gasteiger partial charge in [0.1, 0.15) is 12.6 Å². The van der Waals surface area contributed by atoms with Crippen LogP contribution in [0.1, 0.15) is 44.7 Å². The first-order valence-electron chi connectivity index (χ1n) is 13.3. The summed E-state index contributed by atoms with van der Waals surface area (Å²) in [6, 6.07) is 16.7. The molecular weight excluding hydrogens is 605 g/mol. The van der Waals surface area contributed by atoms with E-state index in [0.717, 1.165) is 4.31 Å². The molecule has 0 saturated heterocycles. The molecule has 0 saturated carbocycles. The van der Waals surface area contributed by atoms with Crippen molar-refractivity contribution in [3.05, 3.63) is 92.9 Å². The zero-order valence-corrected chi connectivity index (χ0v) is 26.5. The lowest BCUT2D eigenvalue weighted by Crippen LogP contribution is -2.53. The molecule has 0 aromatic heterocycles. The van der Waals surface area contributed by atoms with Gasteiger partial charge < -0.3 is 10.2 Å². The Morgan fingerprint density at radius 3 is 2.17 bits per heavy atom. The Morgan fingerprint density at radius 2 is 1.59 bits per heavy atom. The summed E-state index contributed by atoms with van der Waals surface area (Å²) in [5.41, 5.74) is 1.52. The second-order valence-electron chi connectivity index (χ2n) is 9.77. The summed E-state index contributed by atoms with van der Waals surface area (Å²) in [5.74, 6) is -0.883. The molecule has 0 heterocycles. The first-order valence-corrected chi connectivity index (χ1v) is 15.8. The van der Waals surface area contributed by atoms with Gasteiger partial charge in [-0.1, -0.05) is 72.9 Å². The van der Waals surface area contributed by atoms with Gasteiger partial charge in [0.05, 0.1) is 20.6 Å². The van der Waals surface area contributed by atoms with Crippen molar-refractivity contribution in [2.24, 2.45) is 0 Å². The molecule has 1 N–H and O–H groups in total. The molecule has 0 radical (unpaired) electrons. The van der Waals surface area contributed by atoms with Crippen molar-refractivity contribution in [3.8, 4) is 0 Å². The highest BCUT2D eigenvalue weighted by molar-refractivity contribution is 7.92. The topological polar surface area (TPSA) is 86.8 Å². The summed E-state index contributed by atoms with van der Waals surface area (Å²) in [5, 5.41) is 4.05. The smallest absolute Gasteiger partial charge is 0.264 e. The van der Waals surface area contributed by atoms with E-state index in [1.54, 1.807) is 68.4 Å². The zero-order valence-electron chi connectivity index (χ0n) is 23.4. The molecule has 220 valence electrons. The molecule has 41 heavy (non-hydrogen) atoms. The standard InChI is InChI=1S/C30H34Cl3N3O4S/c1-5-21(4)34-30(38)27(6-2)35(18-22-12-14-25(32)26(33)17-22)29(37)19-36(28-15-13-23(31)16-20(28)3)41(39,40)24-10-8-7-9-11-24/h7-17,21,27H,5-6,18-19H2,1-4H3,(H,34,38)/t21-,27+/m1/s1. The van der Waals surface area contributed by atoms with E-state index in [4.69, 9.17) is 34.8 Å². The van der Waals surface area contributed by atoms with E-state index in [0.29, 0.717) is 44.7 Å². The predicted molar refractivity (Wildman–Crippen MR) is 166 cm³/mol. The third-order valence-electron chi connectivity index (χ3n) is 6.76. The van der Waals surface area contributed by atoms with Crippen LogP contribution in [-0.2, 0) is 26.2 Å². The maximum atomic E-state index is 14.2. The molecule has 0 aliphatic heterocycles. The number of nitrogens with one attached hydrogen (secondary N) is 1. The number of hydrogen-bond donors (Lipinski definition) is 1. The number of carbonyl (C=O) groups excluding carboxylic acids is 2. The van der Waals surface area contributed by atoms with Crippen LogP contribution in [0.15, 0.2) is 71.6 Å². The van der Waals surface area contributed by atoms with Crippen LogP contribution in [0.5, 0.6) is 0 Å². The third kappa shape index (κ3) is 8.16. The Bertz CT molecular complexity index is 1490. The van der Waals surface area contributed by atoms with E-state index in [9.17, 15) is 18.0 Å². The third-order valence-corrected chi connectivity index (χ3v) is 9.51. The van der Waals surface area contributed by atoms with Crippen molar-refractivity contribution < 1.29 is 18.0 Å². The Kier molecular flexibility index (Phi) is 11.5. The van der Waals surface area contributed by atoms with E-state index in [1.807, 2.05) is 13.8 Å². The number of nitrogens with zero attached hydrogens (tertiary/aromatic N) is 2. The second kappa shape index (κ2) is 14.4. The van der Waals surface area contributed by atoms with Crippen LogP contribution in [0.2, 0.25) is 15.1 Å². The minimum atomic E-state index is -4.18. The van der Waals surface area contributed by atoms with Gasteiger partial charge in [-0.15, -0.1) is 0 Å². The number of anilines is 1. The molecule has 3 aromatic rings. The number of halogens is 3. The van der Waals surface area contributed by atoms with Gasteiger partial charge in [0.2, 0.25) is 11.8 Å². The average Bonchev–Trinajstić information content (AvgIpc) is 2.94. The SMILES string of the molecule is CC[C@@H](C)NC(=O)[C@H](CC)N(Cc1ccc(Cl)c(Cl)c1)C(=O)CN(c1ccc(Cl)cc1C)S(=O)(=O)c1ccccc1. The molecule has 0 spiro atoms. The molecule has 2 amide bonds. The summed E-state index contributed by atoms with van der Waals surface area (Å²) in [4.78, 5) is 28.9. The summed E-state index contributed by atoms with van der Waals surface area (Å²) < 4.78 is 28.9. The largest absolute Gasteiger partial charge is 0.352 e. The molecule has 0 unspecified atom stereocenters. The van der Waals surface area contributed by atoms with Gasteiger partial charge in [0, 0.05) is 17.6 Å². The highest BCUT2D eigenvalue weighted by Gasteiger charge is 2.34. The van der Waals surface area contributed by atoms with E-state index in [1.165, 1.54) is 17.0 Å². The predicted octanol–water partition coefficient (Wildman–Crippen LogP) is 6.87. The van der Waals surface area contributed by atoms with Crippen molar-refractivity contribution in [3.63, 3.8) is 0 Å². The number of rotatable bonds is 12. The van der Waals surface area contributed by atoms with Crippen LogP contribution in [-0.4, -0.2) is 43.8 Å². The molecule has 11 heteroatoms. The van der Waals surface area contributed by atoms with Crippen molar-refractivity contribution in [1.29, 1.82) is 0 Å². The number of benzene rings is 3. The molecule has 2 atom stereocenters.